The molecular formula is C56H35N3S. The first-order valence-electron chi connectivity index (χ1n) is 20.3. The van der Waals surface area contributed by atoms with E-state index in [1.807, 2.05) is 42.2 Å². The van der Waals surface area contributed by atoms with Crippen LogP contribution in [0.2, 0.25) is 0 Å². The highest BCUT2D eigenvalue weighted by atomic mass is 32.2. The summed E-state index contributed by atoms with van der Waals surface area (Å²) in [4.78, 5) is 17.7. The number of fused-ring (bicyclic) bond motifs is 10. The Kier molecular flexibility index (Phi) is 8.00. The van der Waals surface area contributed by atoms with E-state index >= 15 is 0 Å². The van der Waals surface area contributed by atoms with Gasteiger partial charge in [-0.1, -0.05) is 194 Å². The smallest absolute Gasteiger partial charge is 0.160 e. The van der Waals surface area contributed by atoms with E-state index in [9.17, 15) is 0 Å². The second-order valence-electron chi connectivity index (χ2n) is 15.5. The summed E-state index contributed by atoms with van der Waals surface area (Å²) < 4.78 is 0. The van der Waals surface area contributed by atoms with Crippen LogP contribution in [-0.2, 0) is 5.41 Å². The summed E-state index contributed by atoms with van der Waals surface area (Å²) in [5.74, 6) is 0.703. The minimum atomic E-state index is -0.496. The number of aromatic nitrogens is 3. The molecule has 3 nitrogen and oxygen atoms in total. The minimum absolute atomic E-state index is 0.496. The van der Waals surface area contributed by atoms with Crippen molar-refractivity contribution in [1.82, 2.24) is 15.0 Å². The van der Waals surface area contributed by atoms with Crippen LogP contribution in [0.3, 0.4) is 0 Å². The molecule has 12 rings (SSSR count). The highest BCUT2D eigenvalue weighted by Gasteiger charge is 2.50. The van der Waals surface area contributed by atoms with Crippen LogP contribution in [0.25, 0.3) is 78.2 Å². The number of rotatable bonds is 5. The van der Waals surface area contributed by atoms with E-state index in [1.54, 1.807) is 0 Å². The van der Waals surface area contributed by atoms with E-state index in [0.29, 0.717) is 5.82 Å². The minimum Gasteiger partial charge on any atom is -0.256 e. The monoisotopic (exact) mass is 781 g/mol. The Morgan fingerprint density at radius 2 is 0.867 bits per heavy atom. The Morgan fingerprint density at radius 1 is 0.350 bits per heavy atom. The fraction of sp³-hybridized carbons (Fsp3) is 0.0179. The van der Waals surface area contributed by atoms with Crippen LogP contribution in [-0.4, -0.2) is 15.0 Å². The standard InChI is InChI=1S/C56H35N3S/c1-3-13-36(14-4-1)37-24-26-38(27-25-37)50-35-51(59-55(58-50)40-15-5-2-6-16-40)42-29-31-49-53(34-42)60-52-33-41(43-21-11-17-39-18-12-32-57-54(39)43)28-30-48(52)56(49)46-22-9-7-19-44(46)45-20-8-10-23-47(45)56/h1-35H. The maximum absolute atomic E-state index is 5.27. The van der Waals surface area contributed by atoms with E-state index in [4.69, 9.17) is 15.0 Å². The molecule has 0 saturated carbocycles. The first kappa shape index (κ1) is 34.6. The van der Waals surface area contributed by atoms with Gasteiger partial charge in [-0.3, -0.25) is 4.98 Å². The number of benzene rings is 8. The van der Waals surface area contributed by atoms with E-state index < -0.39 is 5.41 Å². The third-order valence-electron chi connectivity index (χ3n) is 12.2. The lowest BCUT2D eigenvalue weighted by atomic mass is 9.67. The van der Waals surface area contributed by atoms with Gasteiger partial charge in [-0.05, 0) is 74.3 Å². The zero-order valence-electron chi connectivity index (χ0n) is 32.5. The van der Waals surface area contributed by atoms with Crippen molar-refractivity contribution >= 4 is 22.7 Å². The highest BCUT2D eigenvalue weighted by Crippen LogP contribution is 2.62. The van der Waals surface area contributed by atoms with Gasteiger partial charge < -0.3 is 0 Å². The van der Waals surface area contributed by atoms with E-state index in [2.05, 4.69) is 182 Å². The van der Waals surface area contributed by atoms with Crippen molar-refractivity contribution in [1.29, 1.82) is 0 Å². The third kappa shape index (κ3) is 5.42. The summed E-state index contributed by atoms with van der Waals surface area (Å²) in [6.07, 6.45) is 1.89. The van der Waals surface area contributed by atoms with E-state index in [1.165, 1.54) is 54.3 Å². The predicted molar refractivity (Wildman–Crippen MR) is 246 cm³/mol. The summed E-state index contributed by atoms with van der Waals surface area (Å²) in [5.41, 5.74) is 17.8. The number of nitrogens with zero attached hydrogens (tertiary/aromatic N) is 3. The molecule has 2 aromatic heterocycles. The van der Waals surface area contributed by atoms with Gasteiger partial charge in [0.15, 0.2) is 5.82 Å². The molecule has 0 bridgehead atoms. The average molecular weight is 782 g/mol. The number of hydrogen-bond donors (Lipinski definition) is 0. The van der Waals surface area contributed by atoms with Crippen molar-refractivity contribution in [3.63, 3.8) is 0 Å². The maximum Gasteiger partial charge on any atom is 0.160 e. The second kappa shape index (κ2) is 13.9. The van der Waals surface area contributed by atoms with Gasteiger partial charge in [-0.2, -0.15) is 0 Å². The molecule has 1 aliphatic carbocycles. The van der Waals surface area contributed by atoms with E-state index in [-0.39, 0.29) is 0 Å². The molecule has 60 heavy (non-hydrogen) atoms. The average Bonchev–Trinajstić information content (AvgIpc) is 3.62. The third-order valence-corrected chi connectivity index (χ3v) is 13.3. The maximum atomic E-state index is 5.27. The molecule has 10 aromatic rings. The number of hydrogen-bond acceptors (Lipinski definition) is 4. The molecule has 0 unspecified atom stereocenters. The molecule has 0 atom stereocenters. The van der Waals surface area contributed by atoms with Gasteiger partial charge in [0.25, 0.3) is 0 Å². The normalized spacial score (nSPS) is 13.1. The Bertz CT molecular complexity index is 3230. The molecule has 0 fully saturated rings. The predicted octanol–water partition coefficient (Wildman–Crippen LogP) is 14.2. The SMILES string of the molecule is c1ccc(-c2ccc(-c3cc(-c4ccc5c(c4)Sc4cc(-c6cccc7cccnc67)ccc4C54c5ccccc5-c5ccccc54)nc(-c4ccccc4)n3)cc2)cc1. The molecule has 8 aromatic carbocycles. The fourth-order valence-corrected chi connectivity index (χ4v) is 10.8. The van der Waals surface area contributed by atoms with Gasteiger partial charge in [0, 0.05) is 43.6 Å². The Balaban J connectivity index is 1.05. The summed E-state index contributed by atoms with van der Waals surface area (Å²) in [5, 5.41) is 1.14. The van der Waals surface area contributed by atoms with Gasteiger partial charge in [-0.15, -0.1) is 0 Å². The largest absolute Gasteiger partial charge is 0.256 e. The molecule has 0 N–H and O–H groups in total. The summed E-state index contributed by atoms with van der Waals surface area (Å²) in [6.45, 7) is 0. The van der Waals surface area contributed by atoms with Crippen molar-refractivity contribution in [2.45, 2.75) is 15.2 Å². The van der Waals surface area contributed by atoms with Crippen molar-refractivity contribution in [3.05, 3.63) is 235 Å². The molecular weight excluding hydrogens is 747 g/mol. The summed E-state index contributed by atoms with van der Waals surface area (Å²) in [7, 11) is 0. The Hall–Kier alpha value is -7.40. The molecule has 1 aliphatic heterocycles. The molecule has 3 heterocycles. The number of pyridine rings is 1. The summed E-state index contributed by atoms with van der Waals surface area (Å²) >= 11 is 1.85. The molecule has 4 heteroatoms. The van der Waals surface area contributed by atoms with Gasteiger partial charge in [0.05, 0.1) is 22.3 Å². The zero-order chi connectivity index (χ0) is 39.6. The first-order chi connectivity index (χ1) is 29.7. The molecule has 0 amide bonds. The van der Waals surface area contributed by atoms with Crippen molar-refractivity contribution in [2.75, 3.05) is 0 Å². The highest BCUT2D eigenvalue weighted by molar-refractivity contribution is 7.99. The fourth-order valence-electron chi connectivity index (χ4n) is 9.50. The van der Waals surface area contributed by atoms with Gasteiger partial charge in [-0.25, -0.2) is 9.97 Å². The molecule has 280 valence electrons. The second-order valence-corrected chi connectivity index (χ2v) is 16.6. The molecule has 0 saturated heterocycles. The van der Waals surface area contributed by atoms with Gasteiger partial charge in [0.1, 0.15) is 0 Å². The van der Waals surface area contributed by atoms with Crippen LogP contribution in [0.4, 0.5) is 0 Å². The van der Waals surface area contributed by atoms with Crippen LogP contribution >= 0.6 is 11.8 Å². The summed E-state index contributed by atoms with van der Waals surface area (Å²) in [6, 6.07) is 74.3. The van der Waals surface area contributed by atoms with Crippen LogP contribution in [0.1, 0.15) is 22.3 Å². The van der Waals surface area contributed by atoms with Crippen LogP contribution in [0, 0.1) is 0 Å². The number of para-hydroxylation sites is 1. The van der Waals surface area contributed by atoms with Gasteiger partial charge >= 0.3 is 0 Å². The van der Waals surface area contributed by atoms with Crippen molar-refractivity contribution in [3.8, 4) is 67.3 Å². The molecule has 0 radical (unpaired) electrons. The molecule has 2 aliphatic rings. The lowest BCUT2D eigenvalue weighted by molar-refractivity contribution is 0.723. The lowest BCUT2D eigenvalue weighted by Crippen LogP contribution is -2.32. The van der Waals surface area contributed by atoms with Crippen LogP contribution in [0.15, 0.2) is 222 Å². The Morgan fingerprint density at radius 3 is 1.57 bits per heavy atom. The topological polar surface area (TPSA) is 38.7 Å². The molecule has 1 spiro atoms. The van der Waals surface area contributed by atoms with Gasteiger partial charge in [0.2, 0.25) is 0 Å². The zero-order valence-corrected chi connectivity index (χ0v) is 33.3. The Labute approximate surface area is 353 Å². The lowest BCUT2D eigenvalue weighted by Gasteiger charge is -2.40. The van der Waals surface area contributed by atoms with Crippen LogP contribution in [0.5, 0.6) is 0 Å². The van der Waals surface area contributed by atoms with Crippen molar-refractivity contribution < 1.29 is 0 Å². The van der Waals surface area contributed by atoms with E-state index in [0.717, 1.165) is 50.1 Å². The van der Waals surface area contributed by atoms with Crippen LogP contribution < -0.4 is 0 Å². The van der Waals surface area contributed by atoms with Crippen molar-refractivity contribution in [2.24, 2.45) is 0 Å². The quantitative estimate of drug-likeness (QED) is 0.174. The first-order valence-corrected chi connectivity index (χ1v) is 21.2.